The van der Waals surface area contributed by atoms with E-state index < -0.39 is 11.7 Å². The monoisotopic (exact) mass is 427 g/mol. The van der Waals surface area contributed by atoms with E-state index in [2.05, 4.69) is 26.2 Å². The van der Waals surface area contributed by atoms with Crippen molar-refractivity contribution in [2.45, 2.75) is 13.8 Å². The number of nitrogens with one attached hydrogen (secondary N) is 1. The van der Waals surface area contributed by atoms with Crippen LogP contribution < -0.4 is 5.32 Å². The van der Waals surface area contributed by atoms with Crippen LogP contribution in [0.2, 0.25) is 0 Å². The largest absolute Gasteiger partial charge is 0.451 e. The normalized spacial score (nSPS) is 11.1. The zero-order valence-corrected chi connectivity index (χ0v) is 16.2. The molecular formula is C20H15BrFN3O2. The van der Waals surface area contributed by atoms with Crippen LogP contribution in [0.5, 0.6) is 0 Å². The first-order chi connectivity index (χ1) is 12.9. The van der Waals surface area contributed by atoms with Crippen molar-refractivity contribution in [3.63, 3.8) is 0 Å². The smallest absolute Gasteiger partial charge is 0.291 e. The van der Waals surface area contributed by atoms with E-state index in [1.165, 1.54) is 6.07 Å². The third-order valence-corrected chi connectivity index (χ3v) is 4.89. The Hall–Kier alpha value is -2.93. The summed E-state index contributed by atoms with van der Waals surface area (Å²) in [6.07, 6.45) is 3.29. The lowest BCUT2D eigenvalue weighted by molar-refractivity contribution is 0.0998. The number of imidazole rings is 1. The van der Waals surface area contributed by atoms with Crippen LogP contribution in [0, 0.1) is 19.7 Å². The number of amides is 1. The first-order valence-electron chi connectivity index (χ1n) is 8.24. The van der Waals surface area contributed by atoms with E-state index in [4.69, 9.17) is 4.42 Å². The molecule has 2 aromatic heterocycles. The van der Waals surface area contributed by atoms with Gasteiger partial charge in [0.15, 0.2) is 5.76 Å². The number of aromatic nitrogens is 2. The topological polar surface area (TPSA) is 60.1 Å². The van der Waals surface area contributed by atoms with Gasteiger partial charge in [0.2, 0.25) is 0 Å². The summed E-state index contributed by atoms with van der Waals surface area (Å²) in [5.74, 6) is -0.00210. The second kappa shape index (κ2) is 6.66. The third kappa shape index (κ3) is 3.14. The maximum Gasteiger partial charge on any atom is 0.291 e. The van der Waals surface area contributed by atoms with Crippen molar-refractivity contribution in [2.75, 3.05) is 5.32 Å². The predicted octanol–water partition coefficient (Wildman–Crippen LogP) is 5.39. The Morgan fingerprint density at radius 3 is 2.74 bits per heavy atom. The molecule has 0 saturated heterocycles. The Bertz CT molecular complexity index is 1180. The van der Waals surface area contributed by atoms with E-state index in [1.54, 1.807) is 42.1 Å². The molecular weight excluding hydrogens is 413 g/mol. The Labute approximate surface area is 162 Å². The van der Waals surface area contributed by atoms with Crippen LogP contribution >= 0.6 is 15.9 Å². The fourth-order valence-electron chi connectivity index (χ4n) is 3.01. The van der Waals surface area contributed by atoms with Crippen molar-refractivity contribution in [1.82, 2.24) is 9.55 Å². The van der Waals surface area contributed by atoms with Crippen molar-refractivity contribution in [3.8, 4) is 5.69 Å². The van der Waals surface area contributed by atoms with E-state index in [-0.39, 0.29) is 5.76 Å². The molecule has 0 saturated carbocycles. The summed E-state index contributed by atoms with van der Waals surface area (Å²) in [6, 6.07) is 10.1. The Balaban J connectivity index is 1.63. The van der Waals surface area contributed by atoms with Crippen molar-refractivity contribution in [2.24, 2.45) is 0 Å². The zero-order valence-electron chi connectivity index (χ0n) is 14.6. The summed E-state index contributed by atoms with van der Waals surface area (Å²) in [5, 5.41) is 3.55. The second-order valence-electron chi connectivity index (χ2n) is 6.16. The lowest BCUT2D eigenvalue weighted by Gasteiger charge is -2.09. The molecule has 2 aromatic carbocycles. The molecule has 0 aliphatic carbocycles. The molecule has 2 heterocycles. The summed E-state index contributed by atoms with van der Waals surface area (Å²) in [6.45, 7) is 3.61. The molecule has 1 N–H and O–H groups in total. The van der Waals surface area contributed by atoms with Gasteiger partial charge in [0.05, 0.1) is 5.69 Å². The van der Waals surface area contributed by atoms with Crippen molar-refractivity contribution >= 4 is 38.5 Å². The minimum Gasteiger partial charge on any atom is -0.451 e. The van der Waals surface area contributed by atoms with Gasteiger partial charge in [-0.25, -0.2) is 9.37 Å². The van der Waals surface area contributed by atoms with Gasteiger partial charge in [0.1, 0.15) is 17.2 Å². The highest BCUT2D eigenvalue weighted by Crippen LogP contribution is 2.29. The number of furan rings is 1. The van der Waals surface area contributed by atoms with Crippen LogP contribution in [0.15, 0.2) is 57.7 Å². The molecule has 0 atom stereocenters. The summed E-state index contributed by atoms with van der Waals surface area (Å²) in [7, 11) is 0. The number of rotatable bonds is 3. The van der Waals surface area contributed by atoms with E-state index in [9.17, 15) is 9.18 Å². The van der Waals surface area contributed by atoms with Crippen LogP contribution in [0.25, 0.3) is 16.7 Å². The molecule has 27 heavy (non-hydrogen) atoms. The molecule has 136 valence electrons. The average Bonchev–Trinajstić information content (AvgIpc) is 3.19. The van der Waals surface area contributed by atoms with Crippen LogP contribution in [0.1, 0.15) is 21.9 Å². The first-order valence-corrected chi connectivity index (χ1v) is 9.03. The number of aryl methyl sites for hydroxylation is 2. The molecule has 0 radical (unpaired) electrons. The minimum absolute atomic E-state index is 0.207. The molecule has 0 aliphatic rings. The van der Waals surface area contributed by atoms with E-state index >= 15 is 0 Å². The number of halogens is 2. The lowest BCUT2D eigenvalue weighted by atomic mass is 10.1. The third-order valence-electron chi connectivity index (χ3n) is 4.40. The Morgan fingerprint density at radius 1 is 1.22 bits per heavy atom. The van der Waals surface area contributed by atoms with E-state index in [0.717, 1.165) is 15.4 Å². The molecule has 4 aromatic rings. The summed E-state index contributed by atoms with van der Waals surface area (Å²) in [5.41, 5.74) is 2.07. The van der Waals surface area contributed by atoms with Gasteiger partial charge < -0.3 is 14.3 Å². The molecule has 4 rings (SSSR count). The van der Waals surface area contributed by atoms with Gasteiger partial charge >= 0.3 is 0 Å². The van der Waals surface area contributed by atoms with Crippen LogP contribution in [0.3, 0.4) is 0 Å². The molecule has 0 fully saturated rings. The number of benzene rings is 2. The lowest BCUT2D eigenvalue weighted by Crippen LogP contribution is -2.12. The van der Waals surface area contributed by atoms with Crippen molar-refractivity contribution in [1.29, 1.82) is 0 Å². The Morgan fingerprint density at radius 2 is 2.04 bits per heavy atom. The summed E-state index contributed by atoms with van der Waals surface area (Å²) in [4.78, 5) is 16.7. The van der Waals surface area contributed by atoms with Crippen molar-refractivity contribution < 1.29 is 13.6 Å². The first kappa shape index (κ1) is 17.5. The van der Waals surface area contributed by atoms with Gasteiger partial charge in [0.25, 0.3) is 5.91 Å². The molecule has 0 unspecified atom stereocenters. The quantitative estimate of drug-likeness (QED) is 0.476. The highest BCUT2D eigenvalue weighted by atomic mass is 79.9. The van der Waals surface area contributed by atoms with Crippen molar-refractivity contribution in [3.05, 3.63) is 76.2 Å². The number of nitrogens with zero attached hydrogens (tertiary/aromatic N) is 2. The average molecular weight is 428 g/mol. The van der Waals surface area contributed by atoms with Crippen LogP contribution in [-0.4, -0.2) is 15.5 Å². The number of carbonyl (C=O) groups excluding carboxylic acids is 1. The van der Waals surface area contributed by atoms with Gasteiger partial charge in [-0.15, -0.1) is 0 Å². The number of fused-ring (bicyclic) bond motifs is 1. The molecule has 5 nitrogen and oxygen atoms in total. The summed E-state index contributed by atoms with van der Waals surface area (Å²) >= 11 is 3.41. The zero-order chi connectivity index (χ0) is 19.1. The SMILES string of the molecule is Cc1c(C(=O)Nc2ccc(-n3ccnc3C)c(F)c2)oc2ccc(Br)cc12. The van der Waals surface area contributed by atoms with Gasteiger partial charge in [0, 0.05) is 33.5 Å². The summed E-state index contributed by atoms with van der Waals surface area (Å²) < 4.78 is 22.7. The van der Waals surface area contributed by atoms with E-state index in [1.807, 2.05) is 19.1 Å². The standard InChI is InChI=1S/C20H15BrFN3O2/c1-11-15-9-13(21)3-6-18(15)27-19(11)20(26)24-14-4-5-17(16(22)10-14)25-8-7-23-12(25)2/h3-10H,1-2H3,(H,24,26). The van der Waals surface area contributed by atoms with E-state index in [0.29, 0.717) is 22.8 Å². The fraction of sp³-hybridized carbons (Fsp3) is 0.100. The van der Waals surface area contributed by atoms with Gasteiger partial charge in [-0.05, 0) is 50.2 Å². The molecule has 7 heteroatoms. The number of anilines is 1. The van der Waals surface area contributed by atoms with Gasteiger partial charge in [-0.1, -0.05) is 15.9 Å². The molecule has 0 spiro atoms. The maximum absolute atomic E-state index is 14.5. The molecule has 1 amide bonds. The number of hydrogen-bond acceptors (Lipinski definition) is 3. The number of carbonyl (C=O) groups is 1. The van der Waals surface area contributed by atoms with Crippen LogP contribution in [-0.2, 0) is 0 Å². The predicted molar refractivity (Wildman–Crippen MR) is 105 cm³/mol. The highest BCUT2D eigenvalue weighted by Gasteiger charge is 2.18. The second-order valence-corrected chi connectivity index (χ2v) is 7.08. The van der Waals surface area contributed by atoms with Crippen LogP contribution in [0.4, 0.5) is 10.1 Å². The van der Waals surface area contributed by atoms with Gasteiger partial charge in [-0.2, -0.15) is 0 Å². The molecule has 0 bridgehead atoms. The number of hydrogen-bond donors (Lipinski definition) is 1. The highest BCUT2D eigenvalue weighted by molar-refractivity contribution is 9.10. The minimum atomic E-state index is -0.459. The Kier molecular flexibility index (Phi) is 4.31. The fourth-order valence-corrected chi connectivity index (χ4v) is 3.37. The van der Waals surface area contributed by atoms with Gasteiger partial charge in [-0.3, -0.25) is 4.79 Å². The maximum atomic E-state index is 14.5. The molecule has 0 aliphatic heterocycles.